The molecule has 27 heavy (non-hydrogen) atoms. The van der Waals surface area contributed by atoms with Crippen LogP contribution in [0.25, 0.3) is 0 Å². The number of carbonyl (C=O) groups is 2. The molecule has 144 valence electrons. The van der Waals surface area contributed by atoms with Crippen molar-refractivity contribution in [3.05, 3.63) is 54.1 Å². The van der Waals surface area contributed by atoms with Gasteiger partial charge in [0.1, 0.15) is 17.2 Å². The Kier molecular flexibility index (Phi) is 7.49. The standard InChI is InChI=1S/C20H24N2O5/c1-3-26-17-8-4-15(5-9-17)20(25)22-13-12-21-19(24)14(2)27-18-10-6-16(23)7-11-18/h4-11,14,23H,3,12-13H2,1-2H3,(H,21,24)(H,22,25). The molecule has 0 saturated carbocycles. The molecular formula is C20H24N2O5. The van der Waals surface area contributed by atoms with E-state index in [1.165, 1.54) is 12.1 Å². The third-order valence-corrected chi connectivity index (χ3v) is 3.66. The van der Waals surface area contributed by atoms with Crippen LogP contribution in [0, 0.1) is 0 Å². The normalized spacial score (nSPS) is 11.3. The molecule has 2 aromatic rings. The van der Waals surface area contributed by atoms with Crippen LogP contribution in [0.15, 0.2) is 48.5 Å². The maximum absolute atomic E-state index is 12.1. The first-order chi connectivity index (χ1) is 13.0. The van der Waals surface area contributed by atoms with E-state index in [9.17, 15) is 14.7 Å². The Labute approximate surface area is 158 Å². The zero-order chi connectivity index (χ0) is 19.6. The minimum absolute atomic E-state index is 0.128. The van der Waals surface area contributed by atoms with Crippen LogP contribution >= 0.6 is 0 Å². The van der Waals surface area contributed by atoms with Gasteiger partial charge in [0.05, 0.1) is 6.61 Å². The fraction of sp³-hybridized carbons (Fsp3) is 0.300. The number of hydrogen-bond acceptors (Lipinski definition) is 5. The van der Waals surface area contributed by atoms with Crippen molar-refractivity contribution in [2.45, 2.75) is 20.0 Å². The summed E-state index contributed by atoms with van der Waals surface area (Å²) >= 11 is 0. The summed E-state index contributed by atoms with van der Waals surface area (Å²) in [6.45, 7) is 4.67. The molecule has 7 heteroatoms. The molecule has 2 rings (SSSR count). The second-order valence-electron chi connectivity index (χ2n) is 5.76. The summed E-state index contributed by atoms with van der Waals surface area (Å²) in [6.07, 6.45) is -0.698. The summed E-state index contributed by atoms with van der Waals surface area (Å²) < 4.78 is 10.8. The minimum Gasteiger partial charge on any atom is -0.508 e. The van der Waals surface area contributed by atoms with E-state index in [4.69, 9.17) is 9.47 Å². The molecule has 0 aliphatic heterocycles. The lowest BCUT2D eigenvalue weighted by Gasteiger charge is -2.15. The molecule has 0 aliphatic carbocycles. The van der Waals surface area contributed by atoms with Crippen molar-refractivity contribution in [1.29, 1.82) is 0 Å². The first-order valence-corrected chi connectivity index (χ1v) is 8.74. The van der Waals surface area contributed by atoms with Gasteiger partial charge in [-0.05, 0) is 62.4 Å². The molecule has 0 aromatic heterocycles. The molecule has 0 radical (unpaired) electrons. The summed E-state index contributed by atoms with van der Waals surface area (Å²) in [5.74, 6) is 0.810. The van der Waals surface area contributed by atoms with Gasteiger partial charge in [0.25, 0.3) is 11.8 Å². The van der Waals surface area contributed by atoms with E-state index in [1.807, 2.05) is 6.92 Å². The average Bonchev–Trinajstić information content (AvgIpc) is 2.67. The molecule has 0 spiro atoms. The lowest BCUT2D eigenvalue weighted by atomic mass is 10.2. The van der Waals surface area contributed by atoms with Gasteiger partial charge < -0.3 is 25.2 Å². The van der Waals surface area contributed by atoms with Crippen molar-refractivity contribution in [1.82, 2.24) is 10.6 Å². The van der Waals surface area contributed by atoms with E-state index in [0.717, 1.165) is 0 Å². The smallest absolute Gasteiger partial charge is 0.260 e. The van der Waals surface area contributed by atoms with Gasteiger partial charge in [-0.3, -0.25) is 9.59 Å². The predicted octanol–water partition coefficient (Wildman–Crippen LogP) is 2.10. The molecule has 2 aromatic carbocycles. The highest BCUT2D eigenvalue weighted by Crippen LogP contribution is 2.17. The van der Waals surface area contributed by atoms with Crippen molar-refractivity contribution in [2.75, 3.05) is 19.7 Å². The Morgan fingerprint density at radius 1 is 0.963 bits per heavy atom. The topological polar surface area (TPSA) is 96.9 Å². The minimum atomic E-state index is -0.698. The second-order valence-corrected chi connectivity index (χ2v) is 5.76. The van der Waals surface area contributed by atoms with Gasteiger partial charge in [0.15, 0.2) is 6.10 Å². The molecular weight excluding hydrogens is 348 g/mol. The highest BCUT2D eigenvalue weighted by atomic mass is 16.5. The van der Waals surface area contributed by atoms with Crippen molar-refractivity contribution in [3.8, 4) is 17.2 Å². The number of ether oxygens (including phenoxy) is 2. The number of phenols is 1. The van der Waals surface area contributed by atoms with Crippen LogP contribution in [0.3, 0.4) is 0 Å². The zero-order valence-corrected chi connectivity index (χ0v) is 15.4. The summed E-state index contributed by atoms with van der Waals surface area (Å²) in [5, 5.41) is 14.7. The van der Waals surface area contributed by atoms with Gasteiger partial charge in [-0.15, -0.1) is 0 Å². The molecule has 3 N–H and O–H groups in total. The fourth-order valence-corrected chi connectivity index (χ4v) is 2.26. The van der Waals surface area contributed by atoms with Crippen LogP contribution in [-0.4, -0.2) is 42.7 Å². The van der Waals surface area contributed by atoms with Crippen molar-refractivity contribution in [3.63, 3.8) is 0 Å². The lowest BCUT2D eigenvalue weighted by molar-refractivity contribution is -0.127. The maximum Gasteiger partial charge on any atom is 0.260 e. The average molecular weight is 372 g/mol. The van der Waals surface area contributed by atoms with Crippen molar-refractivity contribution in [2.24, 2.45) is 0 Å². The van der Waals surface area contributed by atoms with E-state index >= 15 is 0 Å². The molecule has 0 bridgehead atoms. The van der Waals surface area contributed by atoms with Gasteiger partial charge in [-0.2, -0.15) is 0 Å². The Morgan fingerprint density at radius 3 is 2.19 bits per heavy atom. The molecule has 0 heterocycles. The Morgan fingerprint density at radius 2 is 1.56 bits per heavy atom. The number of nitrogens with one attached hydrogen (secondary N) is 2. The number of rotatable bonds is 9. The number of phenolic OH excluding ortho intramolecular Hbond substituents is 1. The van der Waals surface area contributed by atoms with E-state index in [1.54, 1.807) is 43.3 Å². The molecule has 0 aliphatic rings. The Bertz CT molecular complexity index is 744. The number of carbonyl (C=O) groups excluding carboxylic acids is 2. The highest BCUT2D eigenvalue weighted by Gasteiger charge is 2.14. The van der Waals surface area contributed by atoms with E-state index in [-0.39, 0.29) is 24.1 Å². The van der Waals surface area contributed by atoms with Crippen LogP contribution in [0.5, 0.6) is 17.2 Å². The number of hydrogen-bond donors (Lipinski definition) is 3. The van der Waals surface area contributed by atoms with Gasteiger partial charge in [0.2, 0.25) is 0 Å². The Balaban J connectivity index is 1.69. The lowest BCUT2D eigenvalue weighted by Crippen LogP contribution is -2.40. The van der Waals surface area contributed by atoms with E-state index in [0.29, 0.717) is 30.2 Å². The van der Waals surface area contributed by atoms with Crippen LogP contribution in [0.2, 0.25) is 0 Å². The molecule has 0 fully saturated rings. The number of benzene rings is 2. The number of aromatic hydroxyl groups is 1. The molecule has 7 nitrogen and oxygen atoms in total. The van der Waals surface area contributed by atoms with Crippen LogP contribution < -0.4 is 20.1 Å². The summed E-state index contributed by atoms with van der Waals surface area (Å²) in [5.41, 5.74) is 0.522. The maximum atomic E-state index is 12.1. The van der Waals surface area contributed by atoms with Crippen LogP contribution in [-0.2, 0) is 4.79 Å². The van der Waals surface area contributed by atoms with Crippen molar-refractivity contribution >= 4 is 11.8 Å². The third kappa shape index (κ3) is 6.54. The van der Waals surface area contributed by atoms with Gasteiger partial charge in [-0.1, -0.05) is 0 Å². The first kappa shape index (κ1) is 20.1. The molecule has 2 amide bonds. The summed E-state index contributed by atoms with van der Waals surface area (Å²) in [7, 11) is 0. The predicted molar refractivity (Wildman–Crippen MR) is 101 cm³/mol. The summed E-state index contributed by atoms with van der Waals surface area (Å²) in [6, 6.07) is 13.0. The first-order valence-electron chi connectivity index (χ1n) is 8.74. The van der Waals surface area contributed by atoms with Crippen molar-refractivity contribution < 1.29 is 24.2 Å². The van der Waals surface area contributed by atoms with Gasteiger partial charge >= 0.3 is 0 Å². The molecule has 0 saturated heterocycles. The summed E-state index contributed by atoms with van der Waals surface area (Å²) in [4.78, 5) is 24.1. The SMILES string of the molecule is CCOc1ccc(C(=O)NCCNC(=O)C(C)Oc2ccc(O)cc2)cc1. The Hall–Kier alpha value is -3.22. The molecule has 1 atom stereocenters. The van der Waals surface area contributed by atoms with Gasteiger partial charge in [-0.25, -0.2) is 0 Å². The number of amides is 2. The third-order valence-electron chi connectivity index (χ3n) is 3.66. The van der Waals surface area contributed by atoms with E-state index < -0.39 is 6.10 Å². The van der Waals surface area contributed by atoms with Crippen LogP contribution in [0.4, 0.5) is 0 Å². The highest BCUT2D eigenvalue weighted by molar-refractivity contribution is 5.94. The zero-order valence-electron chi connectivity index (χ0n) is 15.4. The molecule has 1 unspecified atom stereocenters. The second kappa shape index (κ2) is 10.1. The van der Waals surface area contributed by atoms with E-state index in [2.05, 4.69) is 10.6 Å². The van der Waals surface area contributed by atoms with Crippen LogP contribution in [0.1, 0.15) is 24.2 Å². The monoisotopic (exact) mass is 372 g/mol. The fourth-order valence-electron chi connectivity index (χ4n) is 2.26. The van der Waals surface area contributed by atoms with Gasteiger partial charge in [0, 0.05) is 18.7 Å². The largest absolute Gasteiger partial charge is 0.508 e. The quantitative estimate of drug-likeness (QED) is 0.586.